The molecule has 15 heavy (non-hydrogen) atoms. The van der Waals surface area contributed by atoms with Crippen LogP contribution in [0.3, 0.4) is 0 Å². The van der Waals surface area contributed by atoms with Crippen molar-refractivity contribution >= 4 is 0 Å². The van der Waals surface area contributed by atoms with E-state index >= 15 is 0 Å². The van der Waals surface area contributed by atoms with E-state index in [1.807, 2.05) is 7.11 Å². The first-order chi connectivity index (χ1) is 7.38. The average Bonchev–Trinajstić information content (AvgIpc) is 2.31. The molecule has 0 radical (unpaired) electrons. The number of hydrogen-bond donors (Lipinski definition) is 1. The first-order valence-electron chi connectivity index (χ1n) is 6.37. The average molecular weight is 212 g/mol. The molecule has 2 fully saturated rings. The van der Waals surface area contributed by atoms with Crippen LogP contribution < -0.4 is 5.32 Å². The molecule has 2 unspecified atom stereocenters. The van der Waals surface area contributed by atoms with Crippen LogP contribution in [0.1, 0.15) is 32.1 Å². The largest absolute Gasteiger partial charge is 0.380 e. The molecule has 0 saturated carbocycles. The molecule has 3 heteroatoms. The lowest BCUT2D eigenvalue weighted by Crippen LogP contribution is -2.48. The van der Waals surface area contributed by atoms with Gasteiger partial charge in [0.05, 0.1) is 6.10 Å². The Kier molecular flexibility index (Phi) is 4.42. The number of methoxy groups -OCH3 is 1. The molecule has 2 aliphatic rings. The van der Waals surface area contributed by atoms with E-state index in [1.54, 1.807) is 0 Å². The molecular formula is C12H24N2O. The van der Waals surface area contributed by atoms with Crippen LogP contribution in [0.5, 0.6) is 0 Å². The Bertz CT molecular complexity index is 180. The number of piperidine rings is 2. The van der Waals surface area contributed by atoms with Gasteiger partial charge < -0.3 is 10.1 Å². The molecule has 0 aromatic rings. The summed E-state index contributed by atoms with van der Waals surface area (Å²) in [6.45, 7) is 4.83. The second kappa shape index (κ2) is 5.83. The minimum atomic E-state index is 0.474. The summed E-state index contributed by atoms with van der Waals surface area (Å²) in [4.78, 5) is 2.57. The number of nitrogens with zero attached hydrogens (tertiary/aromatic N) is 1. The number of ether oxygens (including phenoxy) is 1. The summed E-state index contributed by atoms with van der Waals surface area (Å²) in [6.07, 6.45) is 7.13. The molecule has 0 aliphatic carbocycles. The summed E-state index contributed by atoms with van der Waals surface area (Å²) in [5, 5.41) is 3.62. The highest BCUT2D eigenvalue weighted by Crippen LogP contribution is 2.15. The lowest BCUT2D eigenvalue weighted by molar-refractivity contribution is 0.0271. The minimum Gasteiger partial charge on any atom is -0.380 e. The molecule has 0 spiro atoms. The van der Waals surface area contributed by atoms with Gasteiger partial charge in [-0.2, -0.15) is 0 Å². The van der Waals surface area contributed by atoms with E-state index in [-0.39, 0.29) is 0 Å². The van der Waals surface area contributed by atoms with E-state index in [1.165, 1.54) is 51.7 Å². The van der Waals surface area contributed by atoms with Crippen LogP contribution in [-0.4, -0.2) is 50.3 Å². The molecule has 0 amide bonds. The van der Waals surface area contributed by atoms with Crippen molar-refractivity contribution in [3.63, 3.8) is 0 Å². The van der Waals surface area contributed by atoms with Gasteiger partial charge in [0.15, 0.2) is 0 Å². The summed E-state index contributed by atoms with van der Waals surface area (Å²) in [5.74, 6) is 0. The Hall–Kier alpha value is -0.120. The van der Waals surface area contributed by atoms with Gasteiger partial charge >= 0.3 is 0 Å². The van der Waals surface area contributed by atoms with Crippen molar-refractivity contribution in [2.75, 3.05) is 33.3 Å². The van der Waals surface area contributed by atoms with E-state index in [2.05, 4.69) is 10.2 Å². The van der Waals surface area contributed by atoms with Crippen molar-refractivity contribution in [1.82, 2.24) is 10.2 Å². The van der Waals surface area contributed by atoms with Crippen LogP contribution in [0.2, 0.25) is 0 Å². The van der Waals surface area contributed by atoms with Gasteiger partial charge in [0, 0.05) is 26.2 Å². The topological polar surface area (TPSA) is 24.5 Å². The van der Waals surface area contributed by atoms with Gasteiger partial charge in [-0.1, -0.05) is 6.42 Å². The fourth-order valence-electron chi connectivity index (χ4n) is 2.76. The summed E-state index contributed by atoms with van der Waals surface area (Å²) in [7, 11) is 1.84. The molecule has 0 bridgehead atoms. The molecule has 2 heterocycles. The van der Waals surface area contributed by atoms with E-state index < -0.39 is 0 Å². The maximum Gasteiger partial charge on any atom is 0.0698 e. The molecular weight excluding hydrogens is 188 g/mol. The lowest BCUT2D eigenvalue weighted by atomic mass is 10.0. The van der Waals surface area contributed by atoms with Crippen LogP contribution in [0.4, 0.5) is 0 Å². The standard InChI is InChI=1S/C12H24N2O/c1-15-12-6-4-8-14(10-12)9-11-5-2-3-7-13-11/h11-13H,2-10H2,1H3. The third kappa shape index (κ3) is 3.44. The van der Waals surface area contributed by atoms with Gasteiger partial charge in [0.2, 0.25) is 0 Å². The second-order valence-corrected chi connectivity index (χ2v) is 4.91. The number of rotatable bonds is 3. The van der Waals surface area contributed by atoms with Crippen molar-refractivity contribution in [3.8, 4) is 0 Å². The zero-order valence-corrected chi connectivity index (χ0v) is 9.87. The van der Waals surface area contributed by atoms with E-state index in [0.717, 1.165) is 12.6 Å². The summed E-state index contributed by atoms with van der Waals surface area (Å²) in [5.41, 5.74) is 0. The Morgan fingerprint density at radius 3 is 2.93 bits per heavy atom. The normalized spacial score (nSPS) is 34.2. The quantitative estimate of drug-likeness (QED) is 0.762. The van der Waals surface area contributed by atoms with E-state index in [0.29, 0.717) is 6.10 Å². The molecule has 2 saturated heterocycles. The number of likely N-dealkylation sites (tertiary alicyclic amines) is 1. The van der Waals surface area contributed by atoms with Crippen molar-refractivity contribution in [2.45, 2.75) is 44.2 Å². The molecule has 1 N–H and O–H groups in total. The maximum atomic E-state index is 5.45. The Balaban J connectivity index is 1.72. The monoisotopic (exact) mass is 212 g/mol. The molecule has 0 aromatic carbocycles. The molecule has 0 aromatic heterocycles. The van der Waals surface area contributed by atoms with Crippen LogP contribution in [-0.2, 0) is 4.74 Å². The van der Waals surface area contributed by atoms with Crippen LogP contribution in [0.25, 0.3) is 0 Å². The van der Waals surface area contributed by atoms with Gasteiger partial charge in [-0.05, 0) is 38.8 Å². The minimum absolute atomic E-state index is 0.474. The lowest BCUT2D eigenvalue weighted by Gasteiger charge is -2.35. The van der Waals surface area contributed by atoms with Crippen molar-refractivity contribution in [2.24, 2.45) is 0 Å². The van der Waals surface area contributed by atoms with Gasteiger partial charge in [0.25, 0.3) is 0 Å². The number of hydrogen-bond acceptors (Lipinski definition) is 3. The predicted molar refractivity (Wildman–Crippen MR) is 62.1 cm³/mol. The SMILES string of the molecule is COC1CCCN(CC2CCCCN2)C1. The predicted octanol–water partition coefficient (Wildman–Crippen LogP) is 1.24. The molecule has 2 atom stereocenters. The van der Waals surface area contributed by atoms with Gasteiger partial charge in [0.1, 0.15) is 0 Å². The van der Waals surface area contributed by atoms with E-state index in [9.17, 15) is 0 Å². The Labute approximate surface area is 93.2 Å². The molecule has 2 aliphatic heterocycles. The highest BCUT2D eigenvalue weighted by atomic mass is 16.5. The fourth-order valence-corrected chi connectivity index (χ4v) is 2.76. The van der Waals surface area contributed by atoms with Crippen molar-refractivity contribution in [1.29, 1.82) is 0 Å². The fraction of sp³-hybridized carbons (Fsp3) is 1.00. The summed E-state index contributed by atoms with van der Waals surface area (Å²) < 4.78 is 5.45. The van der Waals surface area contributed by atoms with Crippen LogP contribution in [0, 0.1) is 0 Å². The Morgan fingerprint density at radius 1 is 1.27 bits per heavy atom. The van der Waals surface area contributed by atoms with Crippen LogP contribution >= 0.6 is 0 Å². The van der Waals surface area contributed by atoms with Gasteiger partial charge in [-0.15, -0.1) is 0 Å². The zero-order chi connectivity index (χ0) is 10.5. The highest BCUT2D eigenvalue weighted by molar-refractivity contribution is 4.80. The maximum absolute atomic E-state index is 5.45. The summed E-state index contributed by atoms with van der Waals surface area (Å²) >= 11 is 0. The molecule has 3 nitrogen and oxygen atoms in total. The second-order valence-electron chi connectivity index (χ2n) is 4.91. The van der Waals surface area contributed by atoms with Crippen LogP contribution in [0.15, 0.2) is 0 Å². The summed E-state index contributed by atoms with van der Waals surface area (Å²) in [6, 6.07) is 0.731. The Morgan fingerprint density at radius 2 is 2.20 bits per heavy atom. The molecule has 88 valence electrons. The third-order valence-corrected chi connectivity index (χ3v) is 3.69. The number of nitrogens with one attached hydrogen (secondary N) is 1. The third-order valence-electron chi connectivity index (χ3n) is 3.69. The first kappa shape index (κ1) is 11.4. The van der Waals surface area contributed by atoms with Gasteiger partial charge in [-0.25, -0.2) is 0 Å². The van der Waals surface area contributed by atoms with Gasteiger partial charge in [-0.3, -0.25) is 4.90 Å². The highest BCUT2D eigenvalue weighted by Gasteiger charge is 2.22. The smallest absolute Gasteiger partial charge is 0.0698 e. The van der Waals surface area contributed by atoms with Crippen molar-refractivity contribution in [3.05, 3.63) is 0 Å². The molecule has 2 rings (SSSR count). The first-order valence-corrected chi connectivity index (χ1v) is 6.37. The van der Waals surface area contributed by atoms with Crippen molar-refractivity contribution < 1.29 is 4.74 Å². The van der Waals surface area contributed by atoms with E-state index in [4.69, 9.17) is 4.74 Å². The zero-order valence-electron chi connectivity index (χ0n) is 9.87.